The predicted molar refractivity (Wildman–Crippen MR) is 106 cm³/mol. The molecule has 0 saturated carbocycles. The lowest BCUT2D eigenvalue weighted by Crippen LogP contribution is -2.42. The second-order valence-electron chi connectivity index (χ2n) is 4.77. The lowest BCUT2D eigenvalue weighted by molar-refractivity contribution is 0.322. The molecule has 0 spiro atoms. The van der Waals surface area contributed by atoms with Crippen molar-refractivity contribution in [3.8, 4) is 17.2 Å². The first-order chi connectivity index (χ1) is 10.7. The molecule has 0 radical (unpaired) electrons. The second kappa shape index (κ2) is 9.96. The van der Waals surface area contributed by atoms with Gasteiger partial charge in [-0.3, -0.25) is 0 Å². The highest BCUT2D eigenvalue weighted by Gasteiger charge is 2.16. The van der Waals surface area contributed by atoms with Crippen molar-refractivity contribution in [1.29, 1.82) is 0 Å². The van der Waals surface area contributed by atoms with Gasteiger partial charge in [-0.2, -0.15) is 11.8 Å². The van der Waals surface area contributed by atoms with Crippen LogP contribution >= 0.6 is 35.7 Å². The van der Waals surface area contributed by atoms with E-state index in [1.807, 2.05) is 23.9 Å². The Hall–Kier alpha value is -1.03. The third-order valence-corrected chi connectivity index (χ3v) is 4.47. The van der Waals surface area contributed by atoms with E-state index in [0.717, 1.165) is 30.2 Å². The third-order valence-electron chi connectivity index (χ3n) is 3.53. The average molecular weight is 453 g/mol. The summed E-state index contributed by atoms with van der Waals surface area (Å²) in [7, 11) is 4.80. The summed E-state index contributed by atoms with van der Waals surface area (Å²) in [6.45, 7) is 2.34. The summed E-state index contributed by atoms with van der Waals surface area (Å²) in [6, 6.07) is 3.77. The number of thioether (sulfide) groups is 1. The summed E-state index contributed by atoms with van der Waals surface area (Å²) in [5.74, 6) is 4.61. The van der Waals surface area contributed by atoms with Crippen molar-refractivity contribution in [3.05, 3.63) is 17.7 Å². The molecule has 1 aliphatic rings. The number of nitrogens with two attached hydrogens (primary N) is 1. The summed E-state index contributed by atoms with van der Waals surface area (Å²) in [5, 5.41) is 0. The summed E-state index contributed by atoms with van der Waals surface area (Å²) < 4.78 is 16.1. The van der Waals surface area contributed by atoms with Crippen LogP contribution in [0.4, 0.5) is 0 Å². The van der Waals surface area contributed by atoms with Gasteiger partial charge >= 0.3 is 0 Å². The highest BCUT2D eigenvalue weighted by Crippen LogP contribution is 2.39. The minimum atomic E-state index is 0. The molecule has 0 atom stereocenters. The monoisotopic (exact) mass is 453 g/mol. The Morgan fingerprint density at radius 3 is 2.35 bits per heavy atom. The zero-order chi connectivity index (χ0) is 15.9. The Morgan fingerprint density at radius 2 is 1.78 bits per heavy atom. The van der Waals surface area contributed by atoms with Gasteiger partial charge in [0.25, 0.3) is 0 Å². The van der Waals surface area contributed by atoms with Crippen molar-refractivity contribution >= 4 is 41.7 Å². The minimum absolute atomic E-state index is 0. The number of aliphatic imine (C=N–C) groups is 1. The highest BCUT2D eigenvalue weighted by atomic mass is 127. The molecule has 6 nitrogen and oxygen atoms in total. The van der Waals surface area contributed by atoms with Crippen LogP contribution in [0, 0.1) is 0 Å². The number of nitrogens with zero attached hydrogens (tertiary/aromatic N) is 2. The van der Waals surface area contributed by atoms with Crippen molar-refractivity contribution in [2.24, 2.45) is 10.7 Å². The van der Waals surface area contributed by atoms with Crippen LogP contribution in [0.1, 0.15) is 5.56 Å². The van der Waals surface area contributed by atoms with Crippen LogP contribution in [-0.2, 0) is 6.54 Å². The van der Waals surface area contributed by atoms with E-state index in [1.165, 1.54) is 0 Å². The van der Waals surface area contributed by atoms with Crippen LogP contribution in [0.3, 0.4) is 0 Å². The van der Waals surface area contributed by atoms with E-state index in [4.69, 9.17) is 19.9 Å². The summed E-state index contributed by atoms with van der Waals surface area (Å²) in [5.41, 5.74) is 7.00. The fraction of sp³-hybridized carbons (Fsp3) is 0.533. The Labute approximate surface area is 158 Å². The summed E-state index contributed by atoms with van der Waals surface area (Å²) in [6.07, 6.45) is 0. The normalized spacial score (nSPS) is 14.9. The van der Waals surface area contributed by atoms with Crippen molar-refractivity contribution in [2.45, 2.75) is 6.54 Å². The van der Waals surface area contributed by atoms with Crippen LogP contribution in [0.25, 0.3) is 0 Å². The number of ether oxygens (including phenoxy) is 3. The van der Waals surface area contributed by atoms with E-state index in [2.05, 4.69) is 9.89 Å². The van der Waals surface area contributed by atoms with Gasteiger partial charge in [0.2, 0.25) is 5.75 Å². The van der Waals surface area contributed by atoms with E-state index in [0.29, 0.717) is 29.8 Å². The zero-order valence-corrected chi connectivity index (χ0v) is 16.9. The van der Waals surface area contributed by atoms with Crippen molar-refractivity contribution < 1.29 is 14.2 Å². The summed E-state index contributed by atoms with van der Waals surface area (Å²) >= 11 is 1.94. The smallest absolute Gasteiger partial charge is 0.203 e. The van der Waals surface area contributed by atoms with E-state index in [-0.39, 0.29) is 24.0 Å². The minimum Gasteiger partial charge on any atom is -0.493 e. The van der Waals surface area contributed by atoms with Crippen LogP contribution in [-0.4, -0.2) is 56.8 Å². The third kappa shape index (κ3) is 4.97. The van der Waals surface area contributed by atoms with Gasteiger partial charge in [0.15, 0.2) is 17.5 Å². The van der Waals surface area contributed by atoms with Crippen molar-refractivity contribution in [3.63, 3.8) is 0 Å². The molecule has 0 unspecified atom stereocenters. The lowest BCUT2D eigenvalue weighted by atomic mass is 10.1. The molecule has 8 heteroatoms. The van der Waals surface area contributed by atoms with Gasteiger partial charge in [-0.25, -0.2) is 4.99 Å². The Kier molecular flexibility index (Phi) is 8.67. The SMILES string of the molecule is COc1ccc(CN=C(N)N2CCSCC2)c(OC)c1OC.I. The van der Waals surface area contributed by atoms with E-state index in [9.17, 15) is 0 Å². The Bertz CT molecular complexity index is 537. The fourth-order valence-electron chi connectivity index (χ4n) is 2.35. The molecular formula is C15H24IN3O3S. The molecule has 0 bridgehead atoms. The second-order valence-corrected chi connectivity index (χ2v) is 5.99. The van der Waals surface area contributed by atoms with Gasteiger partial charge in [-0.15, -0.1) is 24.0 Å². The Morgan fingerprint density at radius 1 is 1.13 bits per heavy atom. The maximum atomic E-state index is 6.08. The molecule has 1 saturated heterocycles. The largest absolute Gasteiger partial charge is 0.493 e. The van der Waals surface area contributed by atoms with E-state index < -0.39 is 0 Å². The quantitative estimate of drug-likeness (QED) is 0.419. The molecule has 1 aromatic rings. The van der Waals surface area contributed by atoms with Crippen LogP contribution < -0.4 is 19.9 Å². The molecule has 0 aromatic heterocycles. The van der Waals surface area contributed by atoms with Crippen LogP contribution in [0.2, 0.25) is 0 Å². The number of halogens is 1. The number of methoxy groups -OCH3 is 3. The maximum absolute atomic E-state index is 6.08. The molecule has 1 fully saturated rings. The molecule has 2 rings (SSSR count). The van der Waals surface area contributed by atoms with Crippen molar-refractivity contribution in [2.75, 3.05) is 45.9 Å². The molecule has 0 aliphatic carbocycles. The van der Waals surface area contributed by atoms with Crippen LogP contribution in [0.15, 0.2) is 17.1 Å². The number of benzene rings is 1. The fourth-order valence-corrected chi connectivity index (χ4v) is 3.25. The molecule has 1 aromatic carbocycles. The number of rotatable bonds is 5. The Balaban J connectivity index is 0.00000264. The average Bonchev–Trinajstić information content (AvgIpc) is 2.59. The standard InChI is InChI=1S/C15H23N3O3S.HI/c1-19-12-5-4-11(13(20-2)14(12)21-3)10-17-15(16)18-6-8-22-9-7-18;/h4-5H,6-10H2,1-3H3,(H2,16,17);1H. The first-order valence-electron chi connectivity index (χ1n) is 7.11. The van der Waals surface area contributed by atoms with Gasteiger partial charge in [-0.1, -0.05) is 0 Å². The highest BCUT2D eigenvalue weighted by molar-refractivity contribution is 14.0. The predicted octanol–water partition coefficient (Wildman–Crippen LogP) is 2.19. The molecule has 0 amide bonds. The van der Waals surface area contributed by atoms with Gasteiger partial charge in [0.05, 0.1) is 27.9 Å². The van der Waals surface area contributed by atoms with Gasteiger partial charge in [0, 0.05) is 30.2 Å². The molecule has 1 aliphatic heterocycles. The van der Waals surface area contributed by atoms with Crippen LogP contribution in [0.5, 0.6) is 17.2 Å². The number of guanidine groups is 1. The topological polar surface area (TPSA) is 69.3 Å². The first-order valence-corrected chi connectivity index (χ1v) is 8.27. The van der Waals surface area contributed by atoms with E-state index >= 15 is 0 Å². The first kappa shape index (κ1) is 20.0. The molecule has 2 N–H and O–H groups in total. The van der Waals surface area contributed by atoms with Gasteiger partial charge in [0.1, 0.15) is 0 Å². The molecule has 1 heterocycles. The summed E-state index contributed by atoms with van der Waals surface area (Å²) in [4.78, 5) is 6.61. The molecular weight excluding hydrogens is 429 g/mol. The molecule has 130 valence electrons. The zero-order valence-electron chi connectivity index (χ0n) is 13.7. The lowest BCUT2D eigenvalue weighted by Gasteiger charge is -2.27. The number of hydrogen-bond acceptors (Lipinski definition) is 5. The number of hydrogen-bond donors (Lipinski definition) is 1. The van der Waals surface area contributed by atoms with Crippen molar-refractivity contribution in [1.82, 2.24) is 4.90 Å². The molecule has 23 heavy (non-hydrogen) atoms. The van der Waals surface area contributed by atoms with Gasteiger partial charge in [-0.05, 0) is 12.1 Å². The van der Waals surface area contributed by atoms with E-state index in [1.54, 1.807) is 21.3 Å². The van der Waals surface area contributed by atoms with Gasteiger partial charge < -0.3 is 24.8 Å². The maximum Gasteiger partial charge on any atom is 0.203 e.